The van der Waals surface area contributed by atoms with Gasteiger partial charge in [0.15, 0.2) is 0 Å². The lowest BCUT2D eigenvalue weighted by Crippen LogP contribution is -2.36. The van der Waals surface area contributed by atoms with Crippen molar-refractivity contribution in [2.24, 2.45) is 5.41 Å². The SMILES string of the molecule is CCC1(C)CCC(C)(OC)CC1. The van der Waals surface area contributed by atoms with Crippen LogP contribution in [-0.2, 0) is 4.74 Å². The topological polar surface area (TPSA) is 9.23 Å². The van der Waals surface area contributed by atoms with E-state index in [4.69, 9.17) is 4.74 Å². The summed E-state index contributed by atoms with van der Waals surface area (Å²) >= 11 is 0. The zero-order valence-electron chi connectivity index (χ0n) is 8.94. The first-order valence-electron chi connectivity index (χ1n) is 5.09. The van der Waals surface area contributed by atoms with Crippen molar-refractivity contribution in [3.05, 3.63) is 0 Å². The molecule has 0 radical (unpaired) electrons. The van der Waals surface area contributed by atoms with Gasteiger partial charge in [0.25, 0.3) is 0 Å². The molecule has 0 bridgehead atoms. The summed E-state index contributed by atoms with van der Waals surface area (Å²) in [6.45, 7) is 6.94. The molecule has 0 N–H and O–H groups in total. The predicted octanol–water partition coefficient (Wildman–Crippen LogP) is 3.38. The average molecular weight is 170 g/mol. The van der Waals surface area contributed by atoms with Gasteiger partial charge in [0.1, 0.15) is 0 Å². The van der Waals surface area contributed by atoms with Gasteiger partial charge in [0, 0.05) is 7.11 Å². The fraction of sp³-hybridized carbons (Fsp3) is 1.00. The van der Waals surface area contributed by atoms with Gasteiger partial charge in [0.2, 0.25) is 0 Å². The lowest BCUT2D eigenvalue weighted by atomic mass is 9.69. The fourth-order valence-electron chi connectivity index (χ4n) is 1.94. The molecule has 72 valence electrons. The van der Waals surface area contributed by atoms with E-state index in [9.17, 15) is 0 Å². The molecule has 0 aromatic heterocycles. The molecule has 1 heteroatoms. The lowest BCUT2D eigenvalue weighted by Gasteiger charge is -2.42. The highest BCUT2D eigenvalue weighted by Gasteiger charge is 2.36. The molecule has 0 spiro atoms. The molecule has 0 atom stereocenters. The molecule has 0 aromatic rings. The van der Waals surface area contributed by atoms with E-state index in [1.807, 2.05) is 7.11 Å². The maximum absolute atomic E-state index is 5.52. The second kappa shape index (κ2) is 3.37. The number of hydrogen-bond donors (Lipinski definition) is 0. The van der Waals surface area contributed by atoms with Crippen molar-refractivity contribution in [1.82, 2.24) is 0 Å². The molecule has 0 saturated heterocycles. The van der Waals surface area contributed by atoms with Crippen molar-refractivity contribution in [1.29, 1.82) is 0 Å². The van der Waals surface area contributed by atoms with Crippen molar-refractivity contribution < 1.29 is 4.74 Å². The minimum atomic E-state index is 0.175. The molecule has 1 nitrogen and oxygen atoms in total. The number of rotatable bonds is 2. The molecule has 0 aliphatic heterocycles. The Balaban J connectivity index is 2.49. The van der Waals surface area contributed by atoms with Crippen LogP contribution in [0.4, 0.5) is 0 Å². The zero-order chi connectivity index (χ0) is 9.24. The Morgan fingerprint density at radius 2 is 1.58 bits per heavy atom. The van der Waals surface area contributed by atoms with E-state index < -0.39 is 0 Å². The Bertz CT molecular complexity index is 125. The van der Waals surface area contributed by atoms with Gasteiger partial charge >= 0.3 is 0 Å². The summed E-state index contributed by atoms with van der Waals surface area (Å²) < 4.78 is 5.52. The maximum atomic E-state index is 5.52. The third-order valence-electron chi connectivity index (χ3n) is 3.86. The van der Waals surface area contributed by atoms with Gasteiger partial charge in [-0.05, 0) is 38.0 Å². The third-order valence-corrected chi connectivity index (χ3v) is 3.86. The van der Waals surface area contributed by atoms with Crippen LogP contribution in [0.25, 0.3) is 0 Å². The Morgan fingerprint density at radius 3 is 1.92 bits per heavy atom. The van der Waals surface area contributed by atoms with E-state index in [1.54, 1.807) is 0 Å². The second-order valence-corrected chi connectivity index (χ2v) is 4.82. The molecule has 0 aromatic carbocycles. The van der Waals surface area contributed by atoms with Crippen LogP contribution >= 0.6 is 0 Å². The normalized spacial score (nSPS) is 43.0. The lowest BCUT2D eigenvalue weighted by molar-refractivity contribution is -0.0506. The molecule has 0 amide bonds. The van der Waals surface area contributed by atoms with E-state index in [0.717, 1.165) is 0 Å². The summed E-state index contributed by atoms with van der Waals surface area (Å²) in [5, 5.41) is 0. The highest BCUT2D eigenvalue weighted by Crippen LogP contribution is 2.43. The minimum Gasteiger partial charge on any atom is -0.379 e. The minimum absolute atomic E-state index is 0.175. The first kappa shape index (κ1) is 10.0. The first-order valence-corrected chi connectivity index (χ1v) is 5.09. The number of hydrogen-bond acceptors (Lipinski definition) is 1. The summed E-state index contributed by atoms with van der Waals surface area (Å²) in [6.07, 6.45) is 6.43. The van der Waals surface area contributed by atoms with Crippen LogP contribution in [0.2, 0.25) is 0 Å². The first-order chi connectivity index (χ1) is 5.54. The monoisotopic (exact) mass is 170 g/mol. The highest BCUT2D eigenvalue weighted by molar-refractivity contribution is 4.88. The highest BCUT2D eigenvalue weighted by atomic mass is 16.5. The van der Waals surface area contributed by atoms with Crippen LogP contribution in [-0.4, -0.2) is 12.7 Å². The molecular formula is C11H22O. The van der Waals surface area contributed by atoms with Crippen LogP contribution in [0.5, 0.6) is 0 Å². The number of ether oxygens (including phenoxy) is 1. The molecule has 12 heavy (non-hydrogen) atoms. The average Bonchev–Trinajstić information content (AvgIpc) is 2.11. The van der Waals surface area contributed by atoms with E-state index in [1.165, 1.54) is 32.1 Å². The summed E-state index contributed by atoms with van der Waals surface area (Å²) in [5.74, 6) is 0. The van der Waals surface area contributed by atoms with Gasteiger partial charge in [-0.3, -0.25) is 0 Å². The Hall–Kier alpha value is -0.0400. The quantitative estimate of drug-likeness (QED) is 0.617. The molecular weight excluding hydrogens is 148 g/mol. The van der Waals surface area contributed by atoms with Crippen molar-refractivity contribution in [2.45, 2.75) is 58.5 Å². The summed E-state index contributed by atoms with van der Waals surface area (Å²) in [6, 6.07) is 0. The van der Waals surface area contributed by atoms with Crippen LogP contribution in [0.3, 0.4) is 0 Å². The Kier molecular flexibility index (Phi) is 2.82. The van der Waals surface area contributed by atoms with E-state index in [-0.39, 0.29) is 5.60 Å². The Morgan fingerprint density at radius 1 is 1.08 bits per heavy atom. The van der Waals surface area contributed by atoms with Gasteiger partial charge in [-0.2, -0.15) is 0 Å². The molecule has 1 rings (SSSR count). The van der Waals surface area contributed by atoms with Crippen LogP contribution in [0, 0.1) is 5.41 Å². The van der Waals surface area contributed by atoms with E-state index in [2.05, 4.69) is 20.8 Å². The van der Waals surface area contributed by atoms with E-state index >= 15 is 0 Å². The molecule has 1 fully saturated rings. The third kappa shape index (κ3) is 2.01. The van der Waals surface area contributed by atoms with Crippen molar-refractivity contribution in [2.75, 3.05) is 7.11 Å². The largest absolute Gasteiger partial charge is 0.379 e. The smallest absolute Gasteiger partial charge is 0.0651 e. The van der Waals surface area contributed by atoms with Crippen LogP contribution < -0.4 is 0 Å². The van der Waals surface area contributed by atoms with Gasteiger partial charge < -0.3 is 4.74 Å². The standard InChI is InChI=1S/C11H22O/c1-5-10(2)6-8-11(3,12-4)9-7-10/h5-9H2,1-4H3. The molecule has 0 heterocycles. The summed E-state index contributed by atoms with van der Waals surface area (Å²) in [7, 11) is 1.84. The molecule has 0 unspecified atom stereocenters. The van der Waals surface area contributed by atoms with Crippen molar-refractivity contribution in [3.8, 4) is 0 Å². The summed E-state index contributed by atoms with van der Waals surface area (Å²) in [4.78, 5) is 0. The van der Waals surface area contributed by atoms with Gasteiger partial charge in [-0.1, -0.05) is 20.3 Å². The van der Waals surface area contributed by atoms with Gasteiger partial charge in [-0.15, -0.1) is 0 Å². The zero-order valence-corrected chi connectivity index (χ0v) is 8.94. The molecule has 1 aliphatic rings. The van der Waals surface area contributed by atoms with Crippen molar-refractivity contribution in [3.63, 3.8) is 0 Å². The number of methoxy groups -OCH3 is 1. The molecule has 1 saturated carbocycles. The second-order valence-electron chi connectivity index (χ2n) is 4.82. The summed E-state index contributed by atoms with van der Waals surface area (Å²) in [5.41, 5.74) is 0.771. The van der Waals surface area contributed by atoms with Gasteiger partial charge in [0.05, 0.1) is 5.60 Å². The van der Waals surface area contributed by atoms with Gasteiger partial charge in [-0.25, -0.2) is 0 Å². The van der Waals surface area contributed by atoms with Crippen LogP contribution in [0.1, 0.15) is 52.9 Å². The Labute approximate surface area is 76.5 Å². The molecule has 1 aliphatic carbocycles. The maximum Gasteiger partial charge on any atom is 0.0651 e. The predicted molar refractivity (Wildman–Crippen MR) is 52.3 cm³/mol. The van der Waals surface area contributed by atoms with Crippen LogP contribution in [0.15, 0.2) is 0 Å². The van der Waals surface area contributed by atoms with E-state index in [0.29, 0.717) is 5.41 Å². The fourth-order valence-corrected chi connectivity index (χ4v) is 1.94. The van der Waals surface area contributed by atoms with Crippen molar-refractivity contribution >= 4 is 0 Å².